The predicted molar refractivity (Wildman–Crippen MR) is 45.6 cm³/mol. The molecule has 60 valence electrons. The minimum absolute atomic E-state index is 0.317. The van der Waals surface area contributed by atoms with Gasteiger partial charge in [0.1, 0.15) is 10.7 Å². The lowest BCUT2D eigenvalue weighted by atomic mass is 10.5. The number of imidazole rings is 1. The molecule has 0 atom stereocenters. The maximum Gasteiger partial charge on any atom is 0.235 e. The smallest absolute Gasteiger partial charge is 0.235 e. The average molecular weight is 179 g/mol. The summed E-state index contributed by atoms with van der Waals surface area (Å²) < 4.78 is 1.65. The zero-order valence-corrected chi connectivity index (χ0v) is 6.90. The van der Waals surface area contributed by atoms with Crippen LogP contribution in [-0.2, 0) is 0 Å². The normalized spacial score (nSPS) is 10.4. The molecule has 0 fully saturated rings. The Bertz CT molecular complexity index is 437. The standard InChI is InChI=1S/C7H5N3OS/c11-4-5-6(12)10-3-1-2-8-7(10)9-5/h1-4,12H. The van der Waals surface area contributed by atoms with Crippen molar-refractivity contribution in [3.63, 3.8) is 0 Å². The number of hydrogen-bond donors (Lipinski definition) is 1. The number of aldehydes is 1. The maximum atomic E-state index is 10.4. The Morgan fingerprint density at radius 2 is 2.42 bits per heavy atom. The highest BCUT2D eigenvalue weighted by Gasteiger charge is 2.06. The van der Waals surface area contributed by atoms with Crippen molar-refractivity contribution < 1.29 is 4.79 Å². The van der Waals surface area contributed by atoms with Crippen LogP contribution in [0.2, 0.25) is 0 Å². The molecular formula is C7H5N3OS. The predicted octanol–water partition coefficient (Wildman–Crippen LogP) is 0.830. The van der Waals surface area contributed by atoms with E-state index in [0.29, 0.717) is 22.8 Å². The fourth-order valence-corrected chi connectivity index (χ4v) is 1.23. The van der Waals surface area contributed by atoms with Crippen LogP contribution in [0.5, 0.6) is 0 Å². The number of hydrogen-bond acceptors (Lipinski definition) is 4. The molecule has 0 spiro atoms. The summed E-state index contributed by atoms with van der Waals surface area (Å²) in [4.78, 5) is 18.3. The van der Waals surface area contributed by atoms with E-state index in [0.717, 1.165) is 0 Å². The average Bonchev–Trinajstić information content (AvgIpc) is 2.44. The van der Waals surface area contributed by atoms with E-state index in [2.05, 4.69) is 22.6 Å². The molecule has 4 nitrogen and oxygen atoms in total. The van der Waals surface area contributed by atoms with Gasteiger partial charge in [0.05, 0.1) is 0 Å². The summed E-state index contributed by atoms with van der Waals surface area (Å²) in [6, 6.07) is 1.75. The van der Waals surface area contributed by atoms with E-state index in [1.807, 2.05) is 0 Å². The van der Waals surface area contributed by atoms with Gasteiger partial charge in [0.25, 0.3) is 0 Å². The Hall–Kier alpha value is -1.36. The van der Waals surface area contributed by atoms with Crippen molar-refractivity contribution in [2.75, 3.05) is 0 Å². The molecule has 12 heavy (non-hydrogen) atoms. The fraction of sp³-hybridized carbons (Fsp3) is 0. The number of fused-ring (bicyclic) bond motifs is 1. The van der Waals surface area contributed by atoms with E-state index in [1.54, 1.807) is 22.9 Å². The molecule has 0 radical (unpaired) electrons. The minimum atomic E-state index is 0.317. The SMILES string of the molecule is O=Cc1nc2ncccn2c1S. The summed E-state index contributed by atoms with van der Waals surface area (Å²) >= 11 is 4.12. The van der Waals surface area contributed by atoms with E-state index in [4.69, 9.17) is 0 Å². The molecule has 5 heteroatoms. The quantitative estimate of drug-likeness (QED) is 0.521. The number of carbonyl (C=O) groups is 1. The number of rotatable bonds is 1. The van der Waals surface area contributed by atoms with Crippen molar-refractivity contribution in [2.45, 2.75) is 5.03 Å². The summed E-state index contributed by atoms with van der Waals surface area (Å²) in [6.07, 6.45) is 4.03. The molecule has 0 saturated heterocycles. The zero-order valence-electron chi connectivity index (χ0n) is 6.01. The molecule has 2 rings (SSSR count). The number of carbonyl (C=O) groups excluding carboxylic acids is 1. The molecule has 0 unspecified atom stereocenters. The van der Waals surface area contributed by atoms with Gasteiger partial charge < -0.3 is 0 Å². The van der Waals surface area contributed by atoms with Crippen LogP contribution in [0.25, 0.3) is 5.78 Å². The van der Waals surface area contributed by atoms with Crippen LogP contribution in [0.3, 0.4) is 0 Å². The van der Waals surface area contributed by atoms with E-state index >= 15 is 0 Å². The third kappa shape index (κ3) is 0.902. The first-order chi connectivity index (χ1) is 5.83. The first kappa shape index (κ1) is 7.30. The number of nitrogens with zero attached hydrogens (tertiary/aromatic N) is 3. The second-order valence-electron chi connectivity index (χ2n) is 2.23. The third-order valence-electron chi connectivity index (χ3n) is 1.52. The zero-order chi connectivity index (χ0) is 8.55. The van der Waals surface area contributed by atoms with Gasteiger partial charge >= 0.3 is 0 Å². The van der Waals surface area contributed by atoms with Crippen molar-refractivity contribution in [3.05, 3.63) is 24.2 Å². The molecule has 0 aliphatic heterocycles. The Morgan fingerprint density at radius 3 is 3.08 bits per heavy atom. The Kier molecular flexibility index (Phi) is 1.58. The van der Waals surface area contributed by atoms with Crippen LogP contribution in [0.15, 0.2) is 23.5 Å². The van der Waals surface area contributed by atoms with Crippen LogP contribution >= 0.6 is 12.6 Å². The van der Waals surface area contributed by atoms with Crippen LogP contribution in [-0.4, -0.2) is 20.7 Å². The highest BCUT2D eigenvalue weighted by molar-refractivity contribution is 7.80. The maximum absolute atomic E-state index is 10.4. The largest absolute Gasteiger partial charge is 0.296 e. The summed E-state index contributed by atoms with van der Waals surface area (Å²) in [5.41, 5.74) is 0.317. The molecule has 0 bridgehead atoms. The lowest BCUT2D eigenvalue weighted by Gasteiger charge is -1.90. The molecule has 0 aliphatic carbocycles. The topological polar surface area (TPSA) is 47.3 Å². The van der Waals surface area contributed by atoms with Gasteiger partial charge in [0.2, 0.25) is 5.78 Å². The lowest BCUT2D eigenvalue weighted by molar-refractivity contribution is 0.111. The van der Waals surface area contributed by atoms with Crippen molar-refractivity contribution in [2.24, 2.45) is 0 Å². The molecule has 0 aliphatic rings. The summed E-state index contributed by atoms with van der Waals surface area (Å²) in [6.45, 7) is 0. The third-order valence-corrected chi connectivity index (χ3v) is 1.96. The van der Waals surface area contributed by atoms with Crippen LogP contribution in [0, 0.1) is 0 Å². The van der Waals surface area contributed by atoms with Gasteiger partial charge in [0.15, 0.2) is 6.29 Å². The Balaban J connectivity index is 2.87. The Labute approximate surface area is 73.7 Å². The Morgan fingerprint density at radius 1 is 1.58 bits per heavy atom. The minimum Gasteiger partial charge on any atom is -0.296 e. The van der Waals surface area contributed by atoms with E-state index < -0.39 is 0 Å². The van der Waals surface area contributed by atoms with Crippen molar-refractivity contribution in [1.82, 2.24) is 14.4 Å². The second kappa shape index (κ2) is 2.60. The lowest BCUT2D eigenvalue weighted by Crippen LogP contribution is -1.85. The van der Waals surface area contributed by atoms with Gasteiger partial charge in [-0.15, -0.1) is 12.6 Å². The number of thiol groups is 1. The molecule has 0 aromatic carbocycles. The molecule has 0 N–H and O–H groups in total. The van der Waals surface area contributed by atoms with E-state index in [1.165, 1.54) is 0 Å². The highest BCUT2D eigenvalue weighted by Crippen LogP contribution is 2.12. The van der Waals surface area contributed by atoms with Crippen LogP contribution in [0.4, 0.5) is 0 Å². The summed E-state index contributed by atoms with van der Waals surface area (Å²) in [5, 5.41) is 0.521. The summed E-state index contributed by atoms with van der Waals surface area (Å²) in [5.74, 6) is 0.490. The molecule has 0 amide bonds. The van der Waals surface area contributed by atoms with Gasteiger partial charge in [-0.1, -0.05) is 0 Å². The number of aromatic nitrogens is 3. The van der Waals surface area contributed by atoms with E-state index in [9.17, 15) is 4.79 Å². The van der Waals surface area contributed by atoms with Crippen molar-refractivity contribution in [1.29, 1.82) is 0 Å². The van der Waals surface area contributed by atoms with Crippen molar-refractivity contribution in [3.8, 4) is 0 Å². The first-order valence-electron chi connectivity index (χ1n) is 3.30. The van der Waals surface area contributed by atoms with Gasteiger partial charge in [0, 0.05) is 12.4 Å². The molecular weight excluding hydrogens is 174 g/mol. The van der Waals surface area contributed by atoms with Gasteiger partial charge in [-0.3, -0.25) is 9.20 Å². The van der Waals surface area contributed by atoms with Gasteiger partial charge in [-0.2, -0.15) is 0 Å². The first-order valence-corrected chi connectivity index (χ1v) is 3.75. The molecule has 0 saturated carbocycles. The monoisotopic (exact) mass is 179 g/mol. The van der Waals surface area contributed by atoms with Gasteiger partial charge in [-0.05, 0) is 6.07 Å². The molecule has 2 aromatic rings. The fourth-order valence-electron chi connectivity index (χ4n) is 0.971. The van der Waals surface area contributed by atoms with Gasteiger partial charge in [-0.25, -0.2) is 9.97 Å². The van der Waals surface area contributed by atoms with Crippen LogP contribution in [0.1, 0.15) is 10.5 Å². The highest BCUT2D eigenvalue weighted by atomic mass is 32.1. The van der Waals surface area contributed by atoms with Crippen molar-refractivity contribution >= 4 is 24.7 Å². The van der Waals surface area contributed by atoms with E-state index in [-0.39, 0.29) is 0 Å². The molecule has 2 aromatic heterocycles. The molecule has 2 heterocycles. The second-order valence-corrected chi connectivity index (χ2v) is 2.65. The van der Waals surface area contributed by atoms with Crippen LogP contribution < -0.4 is 0 Å². The summed E-state index contributed by atoms with van der Waals surface area (Å²) in [7, 11) is 0.